The van der Waals surface area contributed by atoms with Gasteiger partial charge in [0.15, 0.2) is 0 Å². The molecule has 0 aliphatic heterocycles. The number of thioether (sulfide) groups is 1. The molecule has 0 unspecified atom stereocenters. The van der Waals surface area contributed by atoms with Crippen LogP contribution in [0.4, 0.5) is 0 Å². The van der Waals surface area contributed by atoms with Crippen LogP contribution in [-0.2, 0) is 10.5 Å². The number of carbonyl (C=O) groups is 1. The third-order valence-electron chi connectivity index (χ3n) is 3.55. The van der Waals surface area contributed by atoms with E-state index in [9.17, 15) is 9.90 Å². The number of carbonyl (C=O) groups excluding carboxylic acids is 1. The van der Waals surface area contributed by atoms with Crippen molar-refractivity contribution in [3.8, 4) is 0 Å². The number of amides is 1. The molecule has 20 heavy (non-hydrogen) atoms. The van der Waals surface area contributed by atoms with Crippen LogP contribution in [0.1, 0.15) is 30.0 Å². The fourth-order valence-corrected chi connectivity index (χ4v) is 3.88. The van der Waals surface area contributed by atoms with E-state index in [1.54, 1.807) is 23.1 Å². The number of aliphatic hydroxyl groups is 1. The van der Waals surface area contributed by atoms with Gasteiger partial charge in [0.2, 0.25) is 5.91 Å². The molecule has 112 valence electrons. The van der Waals surface area contributed by atoms with Crippen LogP contribution >= 0.6 is 23.1 Å². The molecule has 1 aliphatic carbocycles. The summed E-state index contributed by atoms with van der Waals surface area (Å²) >= 11 is 3.43. The lowest BCUT2D eigenvalue weighted by molar-refractivity contribution is -0.131. The van der Waals surface area contributed by atoms with Gasteiger partial charge in [-0.1, -0.05) is 0 Å². The van der Waals surface area contributed by atoms with E-state index in [1.165, 1.54) is 0 Å². The number of rotatable bonds is 7. The number of thiazole rings is 1. The molecule has 0 saturated heterocycles. The predicted molar refractivity (Wildman–Crippen MR) is 84.0 cm³/mol. The Kier molecular flexibility index (Phi) is 5.86. The number of aliphatic hydroxyl groups excluding tert-OH is 1. The van der Waals surface area contributed by atoms with Gasteiger partial charge in [-0.3, -0.25) is 4.79 Å². The molecule has 1 amide bonds. The van der Waals surface area contributed by atoms with E-state index in [4.69, 9.17) is 0 Å². The first kappa shape index (κ1) is 15.8. The number of hydrogen-bond acceptors (Lipinski definition) is 5. The van der Waals surface area contributed by atoms with Crippen molar-refractivity contribution in [2.75, 3.05) is 19.3 Å². The molecule has 2 rings (SSSR count). The van der Waals surface area contributed by atoms with Crippen molar-refractivity contribution >= 4 is 29.0 Å². The molecule has 0 spiro atoms. The fourth-order valence-electron chi connectivity index (χ4n) is 2.34. The maximum atomic E-state index is 12.0. The Morgan fingerprint density at radius 3 is 2.95 bits per heavy atom. The molecule has 0 aromatic carbocycles. The molecule has 0 atom stereocenters. The van der Waals surface area contributed by atoms with Crippen LogP contribution in [0.2, 0.25) is 0 Å². The van der Waals surface area contributed by atoms with E-state index < -0.39 is 0 Å². The van der Waals surface area contributed by atoms with Gasteiger partial charge in [-0.15, -0.1) is 11.3 Å². The summed E-state index contributed by atoms with van der Waals surface area (Å²) in [6.07, 6.45) is 2.13. The average molecular weight is 314 g/mol. The summed E-state index contributed by atoms with van der Waals surface area (Å²) in [5.74, 6) is 2.42. The van der Waals surface area contributed by atoms with Crippen molar-refractivity contribution in [1.29, 1.82) is 0 Å². The van der Waals surface area contributed by atoms with Crippen molar-refractivity contribution in [2.45, 2.75) is 38.0 Å². The maximum absolute atomic E-state index is 12.0. The highest BCUT2D eigenvalue weighted by Gasteiger charge is 2.28. The Balaban J connectivity index is 1.57. The van der Waals surface area contributed by atoms with Gasteiger partial charge in [-0.05, 0) is 25.7 Å². The lowest BCUT2D eigenvalue weighted by Gasteiger charge is -2.34. The quantitative estimate of drug-likeness (QED) is 0.785. The lowest BCUT2D eigenvalue weighted by atomic mass is 9.82. The van der Waals surface area contributed by atoms with Crippen LogP contribution in [0.5, 0.6) is 0 Å². The molecule has 1 aromatic heterocycles. The molecule has 1 aliphatic rings. The van der Waals surface area contributed by atoms with Gasteiger partial charge in [-0.2, -0.15) is 11.8 Å². The molecule has 4 nitrogen and oxygen atoms in total. The van der Waals surface area contributed by atoms with Crippen molar-refractivity contribution in [1.82, 2.24) is 9.88 Å². The maximum Gasteiger partial charge on any atom is 0.223 e. The van der Waals surface area contributed by atoms with Crippen LogP contribution in [-0.4, -0.2) is 46.3 Å². The Bertz CT molecular complexity index is 444. The minimum absolute atomic E-state index is 0.138. The number of hydrogen-bond donors (Lipinski definition) is 1. The SMILES string of the molecule is Cc1nc(CSCCC(=O)N(C)CC2CC(O)C2)cs1. The summed E-state index contributed by atoms with van der Waals surface area (Å²) in [7, 11) is 1.86. The molecular formula is C14H22N2O2S2. The standard InChI is InChI=1S/C14H22N2O2S2/c1-10-15-12(9-20-10)8-19-4-3-14(18)16(2)7-11-5-13(17)6-11/h9,11,13,17H,3-8H2,1-2H3. The van der Waals surface area contributed by atoms with E-state index in [2.05, 4.69) is 10.4 Å². The molecule has 0 radical (unpaired) electrons. The number of aromatic nitrogens is 1. The second-order valence-corrected chi connectivity index (χ2v) is 7.59. The molecular weight excluding hydrogens is 292 g/mol. The highest BCUT2D eigenvalue weighted by Crippen LogP contribution is 2.27. The molecule has 1 heterocycles. The predicted octanol–water partition coefficient (Wildman–Crippen LogP) is 2.30. The van der Waals surface area contributed by atoms with Crippen LogP contribution in [0.15, 0.2) is 5.38 Å². The van der Waals surface area contributed by atoms with E-state index in [0.29, 0.717) is 12.3 Å². The first-order valence-electron chi connectivity index (χ1n) is 6.95. The molecule has 1 N–H and O–H groups in total. The lowest BCUT2D eigenvalue weighted by Crippen LogP contribution is -2.39. The number of aryl methyl sites for hydroxylation is 1. The summed E-state index contributed by atoms with van der Waals surface area (Å²) < 4.78 is 0. The van der Waals surface area contributed by atoms with Gasteiger partial charge in [0.25, 0.3) is 0 Å². The molecule has 0 bridgehead atoms. The zero-order chi connectivity index (χ0) is 14.5. The zero-order valence-electron chi connectivity index (χ0n) is 12.0. The Morgan fingerprint density at radius 2 is 2.35 bits per heavy atom. The van der Waals surface area contributed by atoms with E-state index in [1.807, 2.05) is 18.9 Å². The van der Waals surface area contributed by atoms with Gasteiger partial charge in [0.1, 0.15) is 0 Å². The topological polar surface area (TPSA) is 53.4 Å². The molecule has 6 heteroatoms. The minimum Gasteiger partial charge on any atom is -0.393 e. The summed E-state index contributed by atoms with van der Waals surface area (Å²) in [5, 5.41) is 12.4. The summed E-state index contributed by atoms with van der Waals surface area (Å²) in [6, 6.07) is 0. The monoisotopic (exact) mass is 314 g/mol. The van der Waals surface area contributed by atoms with E-state index >= 15 is 0 Å². The number of nitrogens with zero attached hydrogens (tertiary/aromatic N) is 2. The van der Waals surface area contributed by atoms with Gasteiger partial charge < -0.3 is 10.0 Å². The van der Waals surface area contributed by atoms with Gasteiger partial charge >= 0.3 is 0 Å². The van der Waals surface area contributed by atoms with Gasteiger partial charge in [-0.25, -0.2) is 4.98 Å². The normalized spacial score (nSPS) is 21.6. The Morgan fingerprint density at radius 1 is 1.60 bits per heavy atom. The van der Waals surface area contributed by atoms with Gasteiger partial charge in [0, 0.05) is 36.9 Å². The third-order valence-corrected chi connectivity index (χ3v) is 5.36. The largest absolute Gasteiger partial charge is 0.393 e. The van der Waals surface area contributed by atoms with Crippen LogP contribution < -0.4 is 0 Å². The van der Waals surface area contributed by atoms with Crippen molar-refractivity contribution < 1.29 is 9.90 Å². The summed E-state index contributed by atoms with van der Waals surface area (Å²) in [6.45, 7) is 2.79. The summed E-state index contributed by atoms with van der Waals surface area (Å²) in [5.41, 5.74) is 1.11. The smallest absolute Gasteiger partial charge is 0.223 e. The van der Waals surface area contributed by atoms with E-state index in [0.717, 1.165) is 41.6 Å². The first-order valence-corrected chi connectivity index (χ1v) is 8.99. The van der Waals surface area contributed by atoms with Crippen molar-refractivity contribution in [2.24, 2.45) is 5.92 Å². The van der Waals surface area contributed by atoms with Gasteiger partial charge in [0.05, 0.1) is 16.8 Å². The second kappa shape index (κ2) is 7.43. The van der Waals surface area contributed by atoms with Crippen LogP contribution in [0, 0.1) is 12.8 Å². The first-order chi connectivity index (χ1) is 9.54. The Hall–Kier alpha value is -0.590. The highest BCUT2D eigenvalue weighted by atomic mass is 32.2. The van der Waals surface area contributed by atoms with Crippen LogP contribution in [0.25, 0.3) is 0 Å². The molecule has 1 fully saturated rings. The second-order valence-electron chi connectivity index (χ2n) is 5.43. The van der Waals surface area contributed by atoms with Crippen LogP contribution in [0.3, 0.4) is 0 Å². The highest BCUT2D eigenvalue weighted by molar-refractivity contribution is 7.98. The Labute approximate surface area is 128 Å². The minimum atomic E-state index is -0.138. The third kappa shape index (κ3) is 4.75. The zero-order valence-corrected chi connectivity index (χ0v) is 13.7. The fraction of sp³-hybridized carbons (Fsp3) is 0.714. The molecule has 1 saturated carbocycles. The molecule has 1 aromatic rings. The van der Waals surface area contributed by atoms with E-state index in [-0.39, 0.29) is 12.0 Å². The van der Waals surface area contributed by atoms with Crippen molar-refractivity contribution in [3.63, 3.8) is 0 Å². The average Bonchev–Trinajstić information content (AvgIpc) is 2.78. The van der Waals surface area contributed by atoms with Crippen molar-refractivity contribution in [3.05, 3.63) is 16.1 Å². The summed E-state index contributed by atoms with van der Waals surface area (Å²) in [4.78, 5) is 18.2.